The minimum Gasteiger partial charge on any atom is -0.493 e. The van der Waals surface area contributed by atoms with Crippen LogP contribution < -0.4 is 4.74 Å². The van der Waals surface area contributed by atoms with Gasteiger partial charge in [-0.3, -0.25) is 14.9 Å². The van der Waals surface area contributed by atoms with Crippen molar-refractivity contribution in [3.63, 3.8) is 0 Å². The number of hydrogen-bond donors (Lipinski definition) is 0. The van der Waals surface area contributed by atoms with Gasteiger partial charge in [-0.1, -0.05) is 0 Å². The van der Waals surface area contributed by atoms with Crippen LogP contribution in [0.1, 0.15) is 34.1 Å². The molecule has 0 heterocycles. The third-order valence-electron chi connectivity index (χ3n) is 3.03. The van der Waals surface area contributed by atoms with Crippen LogP contribution in [0.25, 0.3) is 0 Å². The molecule has 0 saturated heterocycles. The van der Waals surface area contributed by atoms with E-state index in [-0.39, 0.29) is 36.7 Å². The van der Waals surface area contributed by atoms with Crippen molar-refractivity contribution in [3.8, 4) is 5.75 Å². The second-order valence-electron chi connectivity index (χ2n) is 5.34. The molecule has 1 amide bonds. The summed E-state index contributed by atoms with van der Waals surface area (Å²) < 4.78 is 5.45. The molecule has 0 atom stereocenters. The minimum atomic E-state index is -0.462. The van der Waals surface area contributed by atoms with Gasteiger partial charge in [-0.15, -0.1) is 0 Å². The summed E-state index contributed by atoms with van der Waals surface area (Å²) in [6.45, 7) is 8.18. The van der Waals surface area contributed by atoms with E-state index in [0.717, 1.165) is 0 Å². The Kier molecular flexibility index (Phi) is 6.14. The van der Waals surface area contributed by atoms with E-state index in [2.05, 4.69) is 0 Å². The Hall–Kier alpha value is -2.11. The number of rotatable bonds is 7. The number of ether oxygens (including phenoxy) is 1. The quantitative estimate of drug-likeness (QED) is 0.572. The summed E-state index contributed by atoms with van der Waals surface area (Å²) in [4.78, 5) is 24.0. The van der Waals surface area contributed by atoms with Crippen molar-refractivity contribution in [2.45, 2.75) is 46.2 Å². The van der Waals surface area contributed by atoms with Crippen LogP contribution in [0.2, 0.25) is 0 Å². The maximum absolute atomic E-state index is 12.1. The average molecular weight is 294 g/mol. The van der Waals surface area contributed by atoms with E-state index in [9.17, 15) is 14.9 Å². The molecule has 0 spiro atoms. The van der Waals surface area contributed by atoms with Gasteiger partial charge in [0.25, 0.3) is 5.69 Å². The highest BCUT2D eigenvalue weighted by Gasteiger charge is 2.19. The van der Waals surface area contributed by atoms with Gasteiger partial charge in [0.2, 0.25) is 5.91 Å². The predicted molar refractivity (Wildman–Crippen MR) is 80.3 cm³/mol. The number of benzene rings is 1. The second kappa shape index (κ2) is 7.61. The molecule has 0 unspecified atom stereocenters. The zero-order valence-corrected chi connectivity index (χ0v) is 12.9. The third-order valence-corrected chi connectivity index (χ3v) is 3.03. The van der Waals surface area contributed by atoms with Gasteiger partial charge in [-0.05, 0) is 39.8 Å². The summed E-state index contributed by atoms with van der Waals surface area (Å²) in [7, 11) is 0. The monoisotopic (exact) mass is 294 g/mol. The molecule has 0 aliphatic carbocycles. The van der Waals surface area contributed by atoms with Crippen LogP contribution in [0.4, 0.5) is 5.69 Å². The Morgan fingerprint density at radius 3 is 2.14 bits per heavy atom. The molecule has 0 bridgehead atoms. The van der Waals surface area contributed by atoms with Crippen molar-refractivity contribution < 1.29 is 14.5 Å². The second-order valence-corrected chi connectivity index (χ2v) is 5.34. The van der Waals surface area contributed by atoms with Crippen molar-refractivity contribution in [1.82, 2.24) is 4.90 Å². The molecule has 6 nitrogen and oxygen atoms in total. The van der Waals surface area contributed by atoms with Gasteiger partial charge < -0.3 is 9.64 Å². The predicted octanol–water partition coefficient (Wildman–Crippen LogP) is 3.01. The molecule has 1 aromatic carbocycles. The fourth-order valence-electron chi connectivity index (χ4n) is 2.22. The van der Waals surface area contributed by atoms with E-state index in [0.29, 0.717) is 5.75 Å². The van der Waals surface area contributed by atoms with Crippen LogP contribution in [0.3, 0.4) is 0 Å². The van der Waals surface area contributed by atoms with Crippen LogP contribution in [0.15, 0.2) is 24.3 Å². The summed E-state index contributed by atoms with van der Waals surface area (Å²) in [5.74, 6) is 0.566. The standard InChI is InChI=1S/C15H22N2O4/c1-11(2)16(12(3)4)15(18)9-10-21-14-7-5-13(6-8-14)17(19)20/h5-8,11-12H,9-10H2,1-4H3. The average Bonchev–Trinajstić information content (AvgIpc) is 2.38. The molecule has 0 N–H and O–H groups in total. The van der Waals surface area contributed by atoms with Crippen LogP contribution in [-0.4, -0.2) is 34.4 Å². The molecular weight excluding hydrogens is 272 g/mol. The summed E-state index contributed by atoms with van der Waals surface area (Å²) in [6.07, 6.45) is 0.285. The molecule has 0 aliphatic rings. The zero-order valence-electron chi connectivity index (χ0n) is 12.9. The largest absolute Gasteiger partial charge is 0.493 e. The first-order valence-electron chi connectivity index (χ1n) is 7.01. The van der Waals surface area contributed by atoms with Gasteiger partial charge in [0.05, 0.1) is 18.0 Å². The van der Waals surface area contributed by atoms with Crippen molar-refractivity contribution in [1.29, 1.82) is 0 Å². The van der Waals surface area contributed by atoms with Crippen molar-refractivity contribution >= 4 is 11.6 Å². The molecule has 0 saturated carbocycles. The fraction of sp³-hybridized carbons (Fsp3) is 0.533. The minimum absolute atomic E-state index is 0.0178. The summed E-state index contributed by atoms with van der Waals surface area (Å²) in [6, 6.07) is 6.13. The Labute approximate surface area is 124 Å². The molecule has 0 radical (unpaired) electrons. The van der Waals surface area contributed by atoms with Crippen LogP contribution >= 0.6 is 0 Å². The van der Waals surface area contributed by atoms with Gasteiger partial charge in [0.1, 0.15) is 5.75 Å². The maximum Gasteiger partial charge on any atom is 0.269 e. The number of hydrogen-bond acceptors (Lipinski definition) is 4. The van der Waals surface area contributed by atoms with Crippen molar-refractivity contribution in [2.24, 2.45) is 0 Å². The molecule has 0 fully saturated rings. The summed E-state index contributed by atoms with van der Waals surface area (Å²) >= 11 is 0. The van der Waals surface area contributed by atoms with Gasteiger partial charge in [-0.25, -0.2) is 0 Å². The van der Waals surface area contributed by atoms with E-state index in [1.165, 1.54) is 24.3 Å². The highest BCUT2D eigenvalue weighted by molar-refractivity contribution is 5.76. The lowest BCUT2D eigenvalue weighted by Crippen LogP contribution is -2.42. The smallest absolute Gasteiger partial charge is 0.269 e. The highest BCUT2D eigenvalue weighted by Crippen LogP contribution is 2.17. The van der Waals surface area contributed by atoms with Gasteiger partial charge in [-0.2, -0.15) is 0 Å². The van der Waals surface area contributed by atoms with Crippen LogP contribution in [-0.2, 0) is 4.79 Å². The lowest BCUT2D eigenvalue weighted by atomic mass is 10.2. The van der Waals surface area contributed by atoms with Gasteiger partial charge >= 0.3 is 0 Å². The number of nitrogens with zero attached hydrogens (tertiary/aromatic N) is 2. The van der Waals surface area contributed by atoms with E-state index in [1.54, 1.807) is 0 Å². The Bertz CT molecular complexity index is 475. The van der Waals surface area contributed by atoms with E-state index >= 15 is 0 Å². The van der Waals surface area contributed by atoms with Crippen LogP contribution in [0, 0.1) is 10.1 Å². The van der Waals surface area contributed by atoms with E-state index in [4.69, 9.17) is 4.74 Å². The molecule has 0 aromatic heterocycles. The van der Waals surface area contributed by atoms with Gasteiger partial charge in [0.15, 0.2) is 0 Å². The number of non-ortho nitro benzene ring substituents is 1. The van der Waals surface area contributed by atoms with E-state index in [1.807, 2.05) is 32.6 Å². The van der Waals surface area contributed by atoms with Gasteiger partial charge in [0, 0.05) is 24.2 Å². The fourth-order valence-corrected chi connectivity index (χ4v) is 2.22. The molecule has 1 rings (SSSR count). The highest BCUT2D eigenvalue weighted by atomic mass is 16.6. The Morgan fingerprint density at radius 2 is 1.71 bits per heavy atom. The number of carbonyl (C=O) groups is 1. The Balaban J connectivity index is 2.49. The number of amides is 1. The third kappa shape index (κ3) is 5.06. The summed E-state index contributed by atoms with van der Waals surface area (Å²) in [5.41, 5.74) is 0.0178. The number of carbonyl (C=O) groups excluding carboxylic acids is 1. The normalized spacial score (nSPS) is 10.8. The topological polar surface area (TPSA) is 72.7 Å². The SMILES string of the molecule is CC(C)N(C(=O)CCOc1ccc([N+](=O)[O-])cc1)C(C)C. The van der Waals surface area contributed by atoms with Crippen molar-refractivity contribution in [2.75, 3.05) is 6.61 Å². The molecule has 1 aromatic rings. The van der Waals surface area contributed by atoms with Crippen LogP contribution in [0.5, 0.6) is 5.75 Å². The lowest BCUT2D eigenvalue weighted by molar-refractivity contribution is -0.384. The molecule has 0 aliphatic heterocycles. The first kappa shape index (κ1) is 16.9. The lowest BCUT2D eigenvalue weighted by Gasteiger charge is -2.30. The number of nitro benzene ring substituents is 1. The molecule has 116 valence electrons. The maximum atomic E-state index is 12.1. The first-order chi connectivity index (χ1) is 9.82. The number of nitro groups is 1. The zero-order chi connectivity index (χ0) is 16.0. The van der Waals surface area contributed by atoms with E-state index < -0.39 is 4.92 Å². The van der Waals surface area contributed by atoms with Crippen molar-refractivity contribution in [3.05, 3.63) is 34.4 Å². The molecule has 21 heavy (non-hydrogen) atoms. The molecular formula is C15H22N2O4. The molecule has 6 heteroatoms. The first-order valence-corrected chi connectivity index (χ1v) is 7.01. The summed E-state index contributed by atoms with van der Waals surface area (Å²) in [5, 5.41) is 10.5. The Morgan fingerprint density at radius 1 is 1.19 bits per heavy atom.